The summed E-state index contributed by atoms with van der Waals surface area (Å²) < 4.78 is 28.1. The van der Waals surface area contributed by atoms with Crippen molar-refractivity contribution < 1.29 is 13.6 Å². The van der Waals surface area contributed by atoms with Gasteiger partial charge in [0.05, 0.1) is 17.5 Å². The minimum Gasteiger partial charge on any atom is -0.294 e. The molecule has 0 saturated heterocycles. The van der Waals surface area contributed by atoms with E-state index in [1.54, 1.807) is 0 Å². The summed E-state index contributed by atoms with van der Waals surface area (Å²) in [6, 6.07) is 3.35. The molecule has 2 aromatic rings. The topological polar surface area (TPSA) is 34.9 Å². The number of carbonyl (C=O) groups excluding carboxylic acids is 1. The van der Waals surface area contributed by atoms with Gasteiger partial charge in [0.1, 0.15) is 11.5 Å². The highest BCUT2D eigenvalue weighted by molar-refractivity contribution is 5.97. The number of Topliss-reactive ketones (excluding diaryl/α,β-unsaturated/α-hetero) is 1. The van der Waals surface area contributed by atoms with Crippen molar-refractivity contribution in [3.8, 4) is 5.69 Å². The summed E-state index contributed by atoms with van der Waals surface area (Å²) in [5, 5.41) is 4.08. The third-order valence-electron chi connectivity index (χ3n) is 3.37. The lowest BCUT2D eigenvalue weighted by molar-refractivity contribution is 0.0982. The highest BCUT2D eigenvalue weighted by Gasteiger charge is 2.22. The van der Waals surface area contributed by atoms with Gasteiger partial charge < -0.3 is 0 Å². The second-order valence-electron chi connectivity index (χ2n) is 4.64. The third kappa shape index (κ3) is 2.05. The van der Waals surface area contributed by atoms with Gasteiger partial charge in [-0.15, -0.1) is 0 Å². The molecular weight excluding hydrogens is 250 g/mol. The molecule has 3 nitrogen and oxygen atoms in total. The Hall–Kier alpha value is -2.04. The van der Waals surface area contributed by atoms with E-state index in [1.807, 2.05) is 0 Å². The van der Waals surface area contributed by atoms with Crippen molar-refractivity contribution in [2.45, 2.75) is 25.7 Å². The molecule has 1 aromatic heterocycles. The van der Waals surface area contributed by atoms with Crippen LogP contribution in [0.4, 0.5) is 8.78 Å². The zero-order valence-corrected chi connectivity index (χ0v) is 10.2. The van der Waals surface area contributed by atoms with Crippen molar-refractivity contribution >= 4 is 5.78 Å². The number of benzene rings is 1. The lowest BCUT2D eigenvalue weighted by Crippen LogP contribution is -2.06. The molecule has 0 unspecified atom stereocenters. The van der Waals surface area contributed by atoms with Crippen LogP contribution in [0.2, 0.25) is 0 Å². The molecule has 1 aromatic carbocycles. The van der Waals surface area contributed by atoms with Crippen molar-refractivity contribution in [3.63, 3.8) is 0 Å². The van der Waals surface area contributed by atoms with Gasteiger partial charge in [-0.1, -0.05) is 0 Å². The van der Waals surface area contributed by atoms with Crippen molar-refractivity contribution in [3.05, 3.63) is 47.3 Å². The van der Waals surface area contributed by atoms with Crippen LogP contribution < -0.4 is 0 Å². The van der Waals surface area contributed by atoms with E-state index in [9.17, 15) is 13.6 Å². The van der Waals surface area contributed by atoms with Gasteiger partial charge in [-0.2, -0.15) is 5.10 Å². The standard InChI is InChI=1S/C14H12F2N2O/c15-9-5-6-13(11(16)7-9)18-12-3-1-2-4-14(19)10(12)8-17-18/h5-8H,1-4H2. The predicted octanol–water partition coefficient (Wildman–Crippen LogP) is 3.06. The van der Waals surface area contributed by atoms with E-state index in [0.29, 0.717) is 24.1 Å². The summed E-state index contributed by atoms with van der Waals surface area (Å²) in [6.45, 7) is 0. The zero-order valence-electron chi connectivity index (χ0n) is 10.2. The first-order chi connectivity index (χ1) is 9.16. The molecule has 0 bridgehead atoms. The molecule has 0 atom stereocenters. The lowest BCUT2D eigenvalue weighted by atomic mass is 10.1. The summed E-state index contributed by atoms with van der Waals surface area (Å²) in [5.74, 6) is -1.26. The number of fused-ring (bicyclic) bond motifs is 1. The average Bonchev–Trinajstić information content (AvgIpc) is 2.69. The van der Waals surface area contributed by atoms with Crippen LogP contribution in [0.1, 0.15) is 35.3 Å². The Morgan fingerprint density at radius 1 is 1.16 bits per heavy atom. The molecule has 19 heavy (non-hydrogen) atoms. The van der Waals surface area contributed by atoms with Gasteiger partial charge in [0, 0.05) is 12.5 Å². The fraction of sp³-hybridized carbons (Fsp3) is 0.286. The maximum Gasteiger partial charge on any atom is 0.166 e. The van der Waals surface area contributed by atoms with Gasteiger partial charge in [0.15, 0.2) is 11.6 Å². The second kappa shape index (κ2) is 4.57. The van der Waals surface area contributed by atoms with Gasteiger partial charge >= 0.3 is 0 Å². The van der Waals surface area contributed by atoms with E-state index in [0.717, 1.165) is 18.9 Å². The van der Waals surface area contributed by atoms with Gasteiger partial charge in [0.25, 0.3) is 0 Å². The van der Waals surface area contributed by atoms with Crippen LogP contribution in [-0.4, -0.2) is 15.6 Å². The summed E-state index contributed by atoms with van der Waals surface area (Å²) in [6.07, 6.45) is 4.36. The molecule has 0 amide bonds. The average molecular weight is 262 g/mol. The van der Waals surface area contributed by atoms with Gasteiger partial charge in [-0.25, -0.2) is 13.5 Å². The molecule has 98 valence electrons. The SMILES string of the molecule is O=C1CCCCc2c1cnn2-c1ccc(F)cc1F. The molecule has 3 rings (SSSR count). The molecule has 0 fully saturated rings. The minimum atomic E-state index is -0.678. The maximum atomic E-state index is 13.8. The van der Waals surface area contributed by atoms with E-state index in [1.165, 1.54) is 23.0 Å². The van der Waals surface area contributed by atoms with E-state index in [-0.39, 0.29) is 11.5 Å². The maximum absolute atomic E-state index is 13.8. The lowest BCUT2D eigenvalue weighted by Gasteiger charge is -2.08. The van der Waals surface area contributed by atoms with Crippen LogP contribution in [0, 0.1) is 11.6 Å². The Morgan fingerprint density at radius 2 is 1.95 bits per heavy atom. The Labute approximate surface area is 108 Å². The number of hydrogen-bond acceptors (Lipinski definition) is 2. The third-order valence-corrected chi connectivity index (χ3v) is 3.37. The highest BCUT2D eigenvalue weighted by Crippen LogP contribution is 2.24. The zero-order chi connectivity index (χ0) is 13.4. The normalized spacial score (nSPS) is 15.2. The molecule has 0 N–H and O–H groups in total. The number of nitrogens with zero attached hydrogens (tertiary/aromatic N) is 2. The molecule has 0 aliphatic heterocycles. The Bertz CT molecular complexity index is 649. The predicted molar refractivity (Wildman–Crippen MR) is 65.4 cm³/mol. The van der Waals surface area contributed by atoms with Crippen LogP contribution >= 0.6 is 0 Å². The van der Waals surface area contributed by atoms with Crippen molar-refractivity contribution in [2.24, 2.45) is 0 Å². The molecule has 1 aliphatic carbocycles. The van der Waals surface area contributed by atoms with Crippen LogP contribution in [0.3, 0.4) is 0 Å². The first-order valence-corrected chi connectivity index (χ1v) is 6.22. The van der Waals surface area contributed by atoms with Crippen LogP contribution in [-0.2, 0) is 6.42 Å². The Balaban J connectivity index is 2.14. The molecule has 1 aliphatic rings. The number of aromatic nitrogens is 2. The van der Waals surface area contributed by atoms with Crippen LogP contribution in [0.5, 0.6) is 0 Å². The van der Waals surface area contributed by atoms with E-state index >= 15 is 0 Å². The number of halogens is 2. The quantitative estimate of drug-likeness (QED) is 0.740. The summed E-state index contributed by atoms with van der Waals surface area (Å²) in [5.41, 5.74) is 1.45. The summed E-state index contributed by atoms with van der Waals surface area (Å²) in [7, 11) is 0. The number of rotatable bonds is 1. The first kappa shape index (κ1) is 12.0. The Morgan fingerprint density at radius 3 is 2.74 bits per heavy atom. The van der Waals surface area contributed by atoms with Crippen LogP contribution in [0.15, 0.2) is 24.4 Å². The van der Waals surface area contributed by atoms with E-state index < -0.39 is 11.6 Å². The van der Waals surface area contributed by atoms with E-state index in [2.05, 4.69) is 5.10 Å². The van der Waals surface area contributed by atoms with Gasteiger partial charge in [0.2, 0.25) is 0 Å². The summed E-state index contributed by atoms with van der Waals surface area (Å²) >= 11 is 0. The molecule has 0 spiro atoms. The fourth-order valence-electron chi connectivity index (χ4n) is 2.42. The van der Waals surface area contributed by atoms with Crippen LogP contribution in [0.25, 0.3) is 5.69 Å². The number of ketones is 1. The monoisotopic (exact) mass is 262 g/mol. The van der Waals surface area contributed by atoms with Crippen molar-refractivity contribution in [2.75, 3.05) is 0 Å². The largest absolute Gasteiger partial charge is 0.294 e. The highest BCUT2D eigenvalue weighted by atomic mass is 19.1. The van der Waals surface area contributed by atoms with E-state index in [4.69, 9.17) is 0 Å². The molecule has 0 radical (unpaired) electrons. The van der Waals surface area contributed by atoms with Crippen molar-refractivity contribution in [1.29, 1.82) is 0 Å². The smallest absolute Gasteiger partial charge is 0.166 e. The minimum absolute atomic E-state index is 0.0428. The molecular formula is C14H12F2N2O. The second-order valence-corrected chi connectivity index (χ2v) is 4.64. The fourth-order valence-corrected chi connectivity index (χ4v) is 2.42. The van der Waals surface area contributed by atoms with Gasteiger partial charge in [-0.05, 0) is 31.4 Å². The summed E-state index contributed by atoms with van der Waals surface area (Å²) in [4.78, 5) is 11.9. The molecule has 5 heteroatoms. The van der Waals surface area contributed by atoms with Gasteiger partial charge in [-0.3, -0.25) is 4.79 Å². The molecule has 0 saturated carbocycles. The first-order valence-electron chi connectivity index (χ1n) is 6.22. The number of carbonyl (C=O) groups is 1. The Kier molecular flexibility index (Phi) is 2.89. The number of hydrogen-bond donors (Lipinski definition) is 0. The molecule has 1 heterocycles. The van der Waals surface area contributed by atoms with Crippen molar-refractivity contribution in [1.82, 2.24) is 9.78 Å².